The normalized spacial score (nSPS) is 11.9. The van der Waals surface area contributed by atoms with Crippen molar-refractivity contribution in [2.75, 3.05) is 4.90 Å². The summed E-state index contributed by atoms with van der Waals surface area (Å²) in [5, 5.41) is 10.3. The molecular formula is C58H36N2S2. The van der Waals surface area contributed by atoms with Crippen LogP contribution in [0.2, 0.25) is 0 Å². The van der Waals surface area contributed by atoms with Crippen LogP contribution in [-0.2, 0) is 0 Å². The second-order valence-corrected chi connectivity index (χ2v) is 18.2. The summed E-state index contributed by atoms with van der Waals surface area (Å²) in [5.41, 5.74) is 11.8. The van der Waals surface area contributed by atoms with Gasteiger partial charge in [0.1, 0.15) is 0 Å². The van der Waals surface area contributed by atoms with Crippen LogP contribution in [0.3, 0.4) is 0 Å². The molecule has 0 aliphatic heterocycles. The topological polar surface area (TPSA) is 8.17 Å². The predicted molar refractivity (Wildman–Crippen MR) is 270 cm³/mol. The summed E-state index contributed by atoms with van der Waals surface area (Å²) < 4.78 is 7.70. The van der Waals surface area contributed by atoms with E-state index in [0.29, 0.717) is 0 Å². The van der Waals surface area contributed by atoms with E-state index in [1.54, 1.807) is 0 Å². The highest BCUT2D eigenvalue weighted by Gasteiger charge is 2.19. The Labute approximate surface area is 366 Å². The number of anilines is 3. The molecule has 3 aromatic heterocycles. The molecule has 0 aliphatic rings. The van der Waals surface area contributed by atoms with E-state index in [9.17, 15) is 0 Å². The van der Waals surface area contributed by atoms with Crippen LogP contribution in [-0.4, -0.2) is 4.57 Å². The number of para-hydroxylation sites is 1. The van der Waals surface area contributed by atoms with Gasteiger partial charge in [-0.1, -0.05) is 140 Å². The molecule has 0 amide bonds. The van der Waals surface area contributed by atoms with Gasteiger partial charge in [0, 0.05) is 79.3 Å². The maximum absolute atomic E-state index is 2.45. The van der Waals surface area contributed by atoms with E-state index < -0.39 is 0 Å². The number of thiophene rings is 2. The largest absolute Gasteiger partial charge is 0.310 e. The van der Waals surface area contributed by atoms with Crippen molar-refractivity contribution in [3.8, 4) is 27.9 Å². The Hall–Kier alpha value is -7.50. The lowest BCUT2D eigenvalue weighted by Gasteiger charge is -2.26. The lowest BCUT2D eigenvalue weighted by molar-refractivity contribution is 1.19. The van der Waals surface area contributed by atoms with E-state index in [-0.39, 0.29) is 0 Å². The van der Waals surface area contributed by atoms with Crippen LogP contribution in [0.15, 0.2) is 218 Å². The van der Waals surface area contributed by atoms with Crippen LogP contribution in [0.1, 0.15) is 0 Å². The van der Waals surface area contributed by atoms with Crippen molar-refractivity contribution in [3.05, 3.63) is 218 Å². The van der Waals surface area contributed by atoms with Crippen LogP contribution in [0.4, 0.5) is 17.1 Å². The average Bonchev–Trinajstić information content (AvgIpc) is 4.02. The van der Waals surface area contributed by atoms with Gasteiger partial charge in [-0.3, -0.25) is 0 Å². The fraction of sp³-hybridized carbons (Fsp3) is 0. The molecular weight excluding hydrogens is 789 g/mol. The van der Waals surface area contributed by atoms with Crippen LogP contribution >= 0.6 is 22.7 Å². The van der Waals surface area contributed by atoms with Crippen LogP contribution in [0.25, 0.3) is 101 Å². The highest BCUT2D eigenvalue weighted by atomic mass is 32.1. The third-order valence-corrected chi connectivity index (χ3v) is 14.9. The quantitative estimate of drug-likeness (QED) is 0.162. The standard InChI is InChI=1S/C58H36N2S2/c1-2-12-41(13-3-1)60-52-35-40(26-32-47(52)49-33-25-38-11-4-5-14-46(38)58(49)60)37-21-27-42(28-22-37)59(44-31-34-55-51(36-44)48-15-6-8-18-53(48)61-55)43-29-23-39(24-30-43)45-17-10-20-56-57(45)50-16-7-9-19-54(50)62-56/h1-36H. The summed E-state index contributed by atoms with van der Waals surface area (Å²) in [6.07, 6.45) is 0. The van der Waals surface area contributed by atoms with Gasteiger partial charge in [-0.15, -0.1) is 22.7 Å². The SMILES string of the molecule is c1ccc(-n2c3cc(-c4ccc(N(c5ccc(-c6cccc7sc8ccccc8c67)cc5)c5ccc6sc7ccccc7c6c5)cc4)ccc3c3ccc4ccccc4c32)cc1. The van der Waals surface area contributed by atoms with E-state index in [0.717, 1.165) is 22.7 Å². The molecule has 0 aliphatic carbocycles. The smallest absolute Gasteiger partial charge is 0.0619 e. The Morgan fingerprint density at radius 3 is 1.74 bits per heavy atom. The van der Waals surface area contributed by atoms with Crippen molar-refractivity contribution < 1.29 is 0 Å². The van der Waals surface area contributed by atoms with Gasteiger partial charge in [0.15, 0.2) is 0 Å². The third-order valence-electron chi connectivity index (χ3n) is 12.6. The molecule has 290 valence electrons. The molecule has 0 saturated heterocycles. The molecule has 0 unspecified atom stereocenters. The van der Waals surface area contributed by atoms with E-state index >= 15 is 0 Å². The monoisotopic (exact) mass is 824 g/mol. The highest BCUT2D eigenvalue weighted by Crippen LogP contribution is 2.44. The Morgan fingerprint density at radius 1 is 0.339 bits per heavy atom. The van der Waals surface area contributed by atoms with Gasteiger partial charge in [-0.2, -0.15) is 0 Å². The van der Waals surface area contributed by atoms with Crippen molar-refractivity contribution in [2.24, 2.45) is 0 Å². The first kappa shape index (κ1) is 35.3. The minimum atomic E-state index is 1.11. The predicted octanol–water partition coefficient (Wildman–Crippen LogP) is 17.5. The molecule has 13 rings (SSSR count). The van der Waals surface area contributed by atoms with E-state index in [1.807, 2.05) is 22.7 Å². The molecule has 0 radical (unpaired) electrons. The summed E-state index contributed by atoms with van der Waals surface area (Å²) >= 11 is 3.72. The summed E-state index contributed by atoms with van der Waals surface area (Å²) in [6.45, 7) is 0. The zero-order chi connectivity index (χ0) is 40.7. The van der Waals surface area contributed by atoms with Crippen molar-refractivity contribution in [3.63, 3.8) is 0 Å². The highest BCUT2D eigenvalue weighted by molar-refractivity contribution is 7.26. The Morgan fingerprint density at radius 2 is 0.935 bits per heavy atom. The zero-order valence-corrected chi connectivity index (χ0v) is 35.1. The number of fused-ring (bicyclic) bond motifs is 11. The minimum Gasteiger partial charge on any atom is -0.310 e. The van der Waals surface area contributed by atoms with E-state index in [4.69, 9.17) is 0 Å². The molecule has 2 nitrogen and oxygen atoms in total. The fourth-order valence-electron chi connectivity index (χ4n) is 9.71. The average molecular weight is 825 g/mol. The van der Waals surface area contributed by atoms with Gasteiger partial charge in [-0.05, 0) is 107 Å². The lowest BCUT2D eigenvalue weighted by atomic mass is 9.99. The first-order valence-corrected chi connectivity index (χ1v) is 22.7. The summed E-state index contributed by atoms with van der Waals surface area (Å²) in [5.74, 6) is 0. The molecule has 0 spiro atoms. The molecule has 10 aromatic carbocycles. The number of hydrogen-bond donors (Lipinski definition) is 0. The number of benzene rings is 10. The minimum absolute atomic E-state index is 1.11. The Kier molecular flexibility index (Phi) is 7.99. The van der Waals surface area contributed by atoms with Crippen molar-refractivity contribution in [2.45, 2.75) is 0 Å². The second kappa shape index (κ2) is 14.0. The summed E-state index contributed by atoms with van der Waals surface area (Å²) in [6, 6.07) is 80.4. The maximum Gasteiger partial charge on any atom is 0.0619 e. The van der Waals surface area contributed by atoms with Crippen molar-refractivity contribution in [1.82, 2.24) is 4.57 Å². The fourth-order valence-corrected chi connectivity index (χ4v) is 11.9. The number of rotatable bonds is 6. The first-order chi connectivity index (χ1) is 30.7. The molecule has 0 atom stereocenters. The summed E-state index contributed by atoms with van der Waals surface area (Å²) in [7, 11) is 0. The molecule has 0 bridgehead atoms. The van der Waals surface area contributed by atoms with Crippen LogP contribution < -0.4 is 4.90 Å². The maximum atomic E-state index is 2.45. The van der Waals surface area contributed by atoms with Crippen LogP contribution in [0.5, 0.6) is 0 Å². The lowest BCUT2D eigenvalue weighted by Crippen LogP contribution is -2.09. The molecule has 4 heteroatoms. The van der Waals surface area contributed by atoms with Gasteiger partial charge in [0.25, 0.3) is 0 Å². The number of hydrogen-bond acceptors (Lipinski definition) is 3. The van der Waals surface area contributed by atoms with Crippen molar-refractivity contribution in [1.29, 1.82) is 0 Å². The van der Waals surface area contributed by atoms with Gasteiger partial charge in [0.05, 0.1) is 11.0 Å². The number of aromatic nitrogens is 1. The molecule has 13 aromatic rings. The van der Waals surface area contributed by atoms with E-state index in [2.05, 4.69) is 228 Å². The van der Waals surface area contributed by atoms with Crippen LogP contribution in [0, 0.1) is 0 Å². The Bertz CT molecular complexity index is 3850. The molecule has 3 heterocycles. The molecule has 62 heavy (non-hydrogen) atoms. The van der Waals surface area contributed by atoms with Gasteiger partial charge < -0.3 is 9.47 Å². The molecule has 0 fully saturated rings. The van der Waals surface area contributed by atoms with Gasteiger partial charge in [-0.25, -0.2) is 0 Å². The second-order valence-electron chi connectivity index (χ2n) is 16.1. The molecule has 0 saturated carbocycles. The van der Waals surface area contributed by atoms with Crippen molar-refractivity contribution >= 4 is 113 Å². The molecule has 0 N–H and O–H groups in total. The van der Waals surface area contributed by atoms with Gasteiger partial charge >= 0.3 is 0 Å². The van der Waals surface area contributed by atoms with E-state index in [1.165, 1.54) is 95.2 Å². The number of nitrogens with zero attached hydrogens (tertiary/aromatic N) is 2. The third kappa shape index (κ3) is 5.54. The Balaban J connectivity index is 0.942. The summed E-state index contributed by atoms with van der Waals surface area (Å²) in [4.78, 5) is 2.40. The first-order valence-electron chi connectivity index (χ1n) is 21.1. The van der Waals surface area contributed by atoms with Gasteiger partial charge in [0.2, 0.25) is 0 Å². The zero-order valence-electron chi connectivity index (χ0n) is 33.5.